The minimum absolute atomic E-state index is 0.00467. The van der Waals surface area contributed by atoms with Crippen LogP contribution in [0.15, 0.2) is 29.2 Å². The van der Waals surface area contributed by atoms with Crippen molar-refractivity contribution in [3.05, 3.63) is 29.8 Å². The Morgan fingerprint density at radius 2 is 2.00 bits per heavy atom. The highest BCUT2D eigenvalue weighted by atomic mass is 32.2. The van der Waals surface area contributed by atoms with Gasteiger partial charge in [-0.3, -0.25) is 9.59 Å². The summed E-state index contributed by atoms with van der Waals surface area (Å²) in [7, 11) is -3.79. The van der Waals surface area contributed by atoms with Crippen LogP contribution < -0.4 is 10.5 Å². The maximum Gasteiger partial charge on any atom is 0.240 e. The summed E-state index contributed by atoms with van der Waals surface area (Å²) in [5, 5.41) is 7.94. The number of hydrogen-bond acceptors (Lipinski definition) is 4. The first-order valence-electron chi connectivity index (χ1n) is 8.47. The Morgan fingerprint density at radius 1 is 1.28 bits per heavy atom. The number of amides is 2. The first kappa shape index (κ1) is 19.4. The smallest absolute Gasteiger partial charge is 0.240 e. The molecule has 0 radical (unpaired) electrons. The summed E-state index contributed by atoms with van der Waals surface area (Å²) in [5.41, 5.74) is 0.638. The van der Waals surface area contributed by atoms with E-state index in [1.165, 1.54) is 12.1 Å². The molecule has 2 amide bonds. The third kappa shape index (κ3) is 5.82. The predicted octanol–water partition coefficient (Wildman–Crippen LogP) is 1.30. The van der Waals surface area contributed by atoms with Gasteiger partial charge in [0.1, 0.15) is 0 Å². The summed E-state index contributed by atoms with van der Waals surface area (Å²) in [6, 6.07) is 5.77. The standard InChI is InChI=1S/C17H25N3O4S/c1-13(14-7-6-8-15(11-14)25(18,23)24)19-16(21)12-20-10-5-3-2-4-9-17(20)22/h6-8,11,13H,2-5,9-10,12H2,1H3,(H,19,21)(H2,18,23,24). The van der Waals surface area contributed by atoms with Gasteiger partial charge in [0.2, 0.25) is 21.8 Å². The largest absolute Gasteiger partial charge is 0.348 e. The lowest BCUT2D eigenvalue weighted by molar-refractivity contribution is -0.136. The number of rotatable bonds is 5. The third-order valence-electron chi connectivity index (χ3n) is 4.32. The average Bonchev–Trinajstić information content (AvgIpc) is 2.54. The maximum absolute atomic E-state index is 12.3. The molecule has 7 nitrogen and oxygen atoms in total. The molecule has 8 heteroatoms. The fraction of sp³-hybridized carbons (Fsp3) is 0.529. The summed E-state index contributed by atoms with van der Waals surface area (Å²) in [6.07, 6.45) is 4.39. The van der Waals surface area contributed by atoms with E-state index in [9.17, 15) is 18.0 Å². The fourth-order valence-corrected chi connectivity index (χ4v) is 3.46. The molecule has 1 saturated heterocycles. The topological polar surface area (TPSA) is 110 Å². The number of carbonyl (C=O) groups is 2. The second-order valence-electron chi connectivity index (χ2n) is 6.39. The highest BCUT2D eigenvalue weighted by Crippen LogP contribution is 2.17. The number of primary sulfonamides is 1. The van der Waals surface area contributed by atoms with Crippen LogP contribution in [-0.4, -0.2) is 38.2 Å². The van der Waals surface area contributed by atoms with Gasteiger partial charge in [0.15, 0.2) is 0 Å². The zero-order chi connectivity index (χ0) is 18.4. The number of hydrogen-bond donors (Lipinski definition) is 2. The molecule has 1 unspecified atom stereocenters. The molecular formula is C17H25N3O4S. The molecule has 0 aromatic heterocycles. The van der Waals surface area contributed by atoms with Gasteiger partial charge in [0.25, 0.3) is 0 Å². The van der Waals surface area contributed by atoms with E-state index in [4.69, 9.17) is 5.14 Å². The van der Waals surface area contributed by atoms with Crippen molar-refractivity contribution in [1.29, 1.82) is 0 Å². The molecule has 1 fully saturated rings. The number of benzene rings is 1. The van der Waals surface area contributed by atoms with Crippen molar-refractivity contribution in [2.45, 2.75) is 50.0 Å². The van der Waals surface area contributed by atoms with E-state index in [0.29, 0.717) is 18.5 Å². The number of nitrogens with two attached hydrogens (primary N) is 1. The fourth-order valence-electron chi connectivity index (χ4n) is 2.89. The average molecular weight is 367 g/mol. The molecule has 1 aromatic carbocycles. The Kier molecular flexibility index (Phi) is 6.55. The second-order valence-corrected chi connectivity index (χ2v) is 7.95. The van der Waals surface area contributed by atoms with Crippen molar-refractivity contribution in [2.75, 3.05) is 13.1 Å². The van der Waals surface area contributed by atoms with Crippen LogP contribution in [0.1, 0.15) is 50.6 Å². The summed E-state index contributed by atoms with van der Waals surface area (Å²) in [5.74, 6) is -0.249. The van der Waals surface area contributed by atoms with Gasteiger partial charge < -0.3 is 10.2 Å². The molecule has 3 N–H and O–H groups in total. The summed E-state index contributed by atoms with van der Waals surface area (Å²) < 4.78 is 22.9. The van der Waals surface area contributed by atoms with Gasteiger partial charge in [-0.15, -0.1) is 0 Å². The highest BCUT2D eigenvalue weighted by Gasteiger charge is 2.20. The van der Waals surface area contributed by atoms with Crippen LogP contribution in [0.2, 0.25) is 0 Å². The van der Waals surface area contributed by atoms with E-state index < -0.39 is 10.0 Å². The van der Waals surface area contributed by atoms with E-state index in [1.54, 1.807) is 24.0 Å². The van der Waals surface area contributed by atoms with Gasteiger partial charge in [-0.05, 0) is 37.5 Å². The lowest BCUT2D eigenvalue weighted by atomic mass is 10.1. The minimum atomic E-state index is -3.79. The lowest BCUT2D eigenvalue weighted by Crippen LogP contribution is -2.42. The monoisotopic (exact) mass is 367 g/mol. The summed E-state index contributed by atoms with van der Waals surface area (Å²) >= 11 is 0. The zero-order valence-corrected chi connectivity index (χ0v) is 15.2. The number of nitrogens with one attached hydrogen (secondary N) is 1. The Labute approximate surface area is 148 Å². The van der Waals surface area contributed by atoms with Gasteiger partial charge in [-0.25, -0.2) is 13.6 Å². The van der Waals surface area contributed by atoms with Gasteiger partial charge in [0.05, 0.1) is 17.5 Å². The highest BCUT2D eigenvalue weighted by molar-refractivity contribution is 7.89. The molecule has 1 atom stereocenters. The Morgan fingerprint density at radius 3 is 2.72 bits per heavy atom. The van der Waals surface area contributed by atoms with Crippen LogP contribution in [0.5, 0.6) is 0 Å². The van der Waals surface area contributed by atoms with Crippen molar-refractivity contribution in [3.8, 4) is 0 Å². The predicted molar refractivity (Wildman–Crippen MR) is 94.0 cm³/mol. The molecular weight excluding hydrogens is 342 g/mol. The van der Waals surface area contributed by atoms with Crippen molar-refractivity contribution >= 4 is 21.8 Å². The molecule has 1 aliphatic heterocycles. The Balaban J connectivity index is 1.98. The van der Waals surface area contributed by atoms with Crippen LogP contribution in [0.4, 0.5) is 0 Å². The first-order valence-corrected chi connectivity index (χ1v) is 10.0. The molecule has 0 bridgehead atoms. The van der Waals surface area contributed by atoms with Crippen LogP contribution in [0, 0.1) is 0 Å². The van der Waals surface area contributed by atoms with E-state index in [1.807, 2.05) is 0 Å². The molecule has 1 aliphatic rings. The van der Waals surface area contributed by atoms with Gasteiger partial charge in [-0.2, -0.15) is 0 Å². The van der Waals surface area contributed by atoms with E-state index in [2.05, 4.69) is 5.32 Å². The van der Waals surface area contributed by atoms with Crippen LogP contribution in [-0.2, 0) is 19.6 Å². The lowest BCUT2D eigenvalue weighted by Gasteiger charge is -2.25. The van der Waals surface area contributed by atoms with Crippen molar-refractivity contribution in [1.82, 2.24) is 10.2 Å². The minimum Gasteiger partial charge on any atom is -0.348 e. The first-order chi connectivity index (χ1) is 11.8. The molecule has 0 spiro atoms. The number of sulfonamides is 1. The molecule has 25 heavy (non-hydrogen) atoms. The van der Waals surface area contributed by atoms with Crippen molar-refractivity contribution in [2.24, 2.45) is 5.14 Å². The van der Waals surface area contributed by atoms with Crippen LogP contribution in [0.25, 0.3) is 0 Å². The van der Waals surface area contributed by atoms with E-state index in [0.717, 1.165) is 25.7 Å². The van der Waals surface area contributed by atoms with Crippen LogP contribution in [0.3, 0.4) is 0 Å². The summed E-state index contributed by atoms with van der Waals surface area (Å²) in [6.45, 7) is 2.38. The normalized spacial score (nSPS) is 17.5. The number of nitrogens with zero attached hydrogens (tertiary/aromatic N) is 1. The SMILES string of the molecule is CC(NC(=O)CN1CCCCCCC1=O)c1cccc(S(N)(=O)=O)c1. The molecule has 1 aromatic rings. The molecule has 0 aliphatic carbocycles. The molecule has 138 valence electrons. The Hall–Kier alpha value is -1.93. The quantitative estimate of drug-likeness (QED) is 0.817. The van der Waals surface area contributed by atoms with Gasteiger partial charge >= 0.3 is 0 Å². The molecule has 1 heterocycles. The van der Waals surface area contributed by atoms with Crippen LogP contribution >= 0.6 is 0 Å². The second kappa shape index (κ2) is 8.44. The van der Waals surface area contributed by atoms with Gasteiger partial charge in [-0.1, -0.05) is 25.0 Å². The Bertz CT molecular complexity index is 733. The van der Waals surface area contributed by atoms with E-state index >= 15 is 0 Å². The van der Waals surface area contributed by atoms with Crippen molar-refractivity contribution < 1.29 is 18.0 Å². The maximum atomic E-state index is 12.3. The summed E-state index contributed by atoms with van der Waals surface area (Å²) in [4.78, 5) is 26.0. The third-order valence-corrected chi connectivity index (χ3v) is 5.23. The van der Waals surface area contributed by atoms with Gasteiger partial charge in [0, 0.05) is 13.0 Å². The zero-order valence-electron chi connectivity index (χ0n) is 14.4. The van der Waals surface area contributed by atoms with E-state index in [-0.39, 0.29) is 29.3 Å². The van der Waals surface area contributed by atoms with Crippen molar-refractivity contribution in [3.63, 3.8) is 0 Å². The number of carbonyl (C=O) groups excluding carboxylic acids is 2. The number of likely N-dealkylation sites (tertiary alicyclic amines) is 1. The molecule has 2 rings (SSSR count). The molecule has 0 saturated carbocycles.